The summed E-state index contributed by atoms with van der Waals surface area (Å²) in [6, 6.07) is 21.5. The van der Waals surface area contributed by atoms with Crippen LogP contribution < -0.4 is 10.2 Å². The first kappa shape index (κ1) is 20.2. The number of nitrogens with one attached hydrogen (secondary N) is 1. The Morgan fingerprint density at radius 2 is 1.70 bits per heavy atom. The van der Waals surface area contributed by atoms with Gasteiger partial charge in [0.2, 0.25) is 5.91 Å². The molecule has 0 aromatic heterocycles. The lowest BCUT2D eigenvalue weighted by Crippen LogP contribution is -2.23. The fourth-order valence-electron chi connectivity index (χ4n) is 3.47. The maximum absolute atomic E-state index is 12.6. The minimum Gasteiger partial charge on any atom is -0.322 e. The maximum atomic E-state index is 12.6. The van der Waals surface area contributed by atoms with E-state index in [-0.39, 0.29) is 11.8 Å². The molecule has 30 heavy (non-hydrogen) atoms. The Hall–Kier alpha value is -3.05. The largest absolute Gasteiger partial charge is 0.322 e. The highest BCUT2D eigenvalue weighted by atomic mass is 32.2. The number of hydrogen-bond acceptors (Lipinski definition) is 3. The second kappa shape index (κ2) is 8.76. The lowest BCUT2D eigenvalue weighted by molar-refractivity contribution is -0.117. The van der Waals surface area contributed by atoms with Crippen molar-refractivity contribution in [2.24, 2.45) is 0 Å². The van der Waals surface area contributed by atoms with Gasteiger partial charge < -0.3 is 10.2 Å². The minimum atomic E-state index is -0.163. The van der Waals surface area contributed by atoms with E-state index in [2.05, 4.69) is 37.4 Å². The van der Waals surface area contributed by atoms with Crippen molar-refractivity contribution in [2.75, 3.05) is 16.8 Å². The standard InChI is InChI=1S/C25H24N2O2S/c1-17-5-6-18(2)23(16-17)30-22-13-9-20(10-14-22)26-25(29)19-7-11-21(12-8-19)27-15-3-4-24(27)28/h5-14,16H,3-4,15H2,1-2H3,(H,26,29). The lowest BCUT2D eigenvalue weighted by atomic mass is 10.1. The van der Waals surface area contributed by atoms with Crippen LogP contribution in [0.2, 0.25) is 0 Å². The minimum absolute atomic E-state index is 0.144. The summed E-state index contributed by atoms with van der Waals surface area (Å²) in [4.78, 5) is 28.6. The van der Waals surface area contributed by atoms with E-state index in [0.29, 0.717) is 12.0 Å². The van der Waals surface area contributed by atoms with Crippen LogP contribution in [-0.4, -0.2) is 18.4 Å². The summed E-state index contributed by atoms with van der Waals surface area (Å²) in [5.74, 6) is -0.0183. The molecule has 1 N–H and O–H groups in total. The molecule has 1 saturated heterocycles. The summed E-state index contributed by atoms with van der Waals surface area (Å²) in [7, 11) is 0. The topological polar surface area (TPSA) is 49.4 Å². The molecular weight excluding hydrogens is 392 g/mol. The molecule has 1 aliphatic heterocycles. The molecule has 1 aliphatic rings. The zero-order valence-electron chi connectivity index (χ0n) is 17.1. The fourth-order valence-corrected chi connectivity index (χ4v) is 4.47. The molecule has 1 heterocycles. The molecule has 0 spiro atoms. The smallest absolute Gasteiger partial charge is 0.255 e. The van der Waals surface area contributed by atoms with Crippen molar-refractivity contribution in [2.45, 2.75) is 36.5 Å². The number of rotatable bonds is 5. The summed E-state index contributed by atoms with van der Waals surface area (Å²) in [5.41, 5.74) is 4.67. The van der Waals surface area contributed by atoms with Crippen LogP contribution in [0.25, 0.3) is 0 Å². The van der Waals surface area contributed by atoms with Gasteiger partial charge in [0, 0.05) is 39.7 Å². The second-order valence-corrected chi connectivity index (χ2v) is 8.66. The van der Waals surface area contributed by atoms with Crippen LogP contribution in [0.4, 0.5) is 11.4 Å². The number of amides is 2. The van der Waals surface area contributed by atoms with Crippen molar-refractivity contribution in [3.8, 4) is 0 Å². The van der Waals surface area contributed by atoms with E-state index in [1.165, 1.54) is 16.0 Å². The molecule has 0 bridgehead atoms. The van der Waals surface area contributed by atoms with Gasteiger partial charge in [0.15, 0.2) is 0 Å². The average molecular weight is 417 g/mol. The third-order valence-corrected chi connectivity index (χ3v) is 6.37. The third-order valence-electron chi connectivity index (χ3n) is 5.20. The Kier molecular flexibility index (Phi) is 5.91. The number of hydrogen-bond donors (Lipinski definition) is 1. The average Bonchev–Trinajstić information content (AvgIpc) is 3.18. The fraction of sp³-hybridized carbons (Fsp3) is 0.200. The van der Waals surface area contributed by atoms with Crippen LogP contribution >= 0.6 is 11.8 Å². The van der Waals surface area contributed by atoms with E-state index in [0.717, 1.165) is 29.2 Å². The van der Waals surface area contributed by atoms with Gasteiger partial charge in [-0.05, 0) is 86.0 Å². The van der Waals surface area contributed by atoms with E-state index >= 15 is 0 Å². The molecule has 2 amide bonds. The van der Waals surface area contributed by atoms with Gasteiger partial charge >= 0.3 is 0 Å². The van der Waals surface area contributed by atoms with Crippen molar-refractivity contribution in [3.05, 3.63) is 83.4 Å². The summed E-state index contributed by atoms with van der Waals surface area (Å²) < 4.78 is 0. The predicted molar refractivity (Wildman–Crippen MR) is 122 cm³/mol. The van der Waals surface area contributed by atoms with Crippen molar-refractivity contribution in [3.63, 3.8) is 0 Å². The molecule has 3 aromatic rings. The first-order valence-corrected chi connectivity index (χ1v) is 10.9. The SMILES string of the molecule is Cc1ccc(C)c(Sc2ccc(NC(=O)c3ccc(N4CCCC4=O)cc3)cc2)c1. The maximum Gasteiger partial charge on any atom is 0.255 e. The van der Waals surface area contributed by atoms with Crippen LogP contribution in [0.1, 0.15) is 34.3 Å². The number of aryl methyl sites for hydroxylation is 2. The number of carbonyl (C=O) groups excluding carboxylic acids is 2. The van der Waals surface area contributed by atoms with E-state index in [1.54, 1.807) is 28.8 Å². The quantitative estimate of drug-likeness (QED) is 0.569. The van der Waals surface area contributed by atoms with Gasteiger partial charge in [-0.25, -0.2) is 0 Å². The second-order valence-electron chi connectivity index (χ2n) is 7.55. The predicted octanol–water partition coefficient (Wildman–Crippen LogP) is 5.83. The highest BCUT2D eigenvalue weighted by Gasteiger charge is 2.21. The van der Waals surface area contributed by atoms with E-state index in [1.807, 2.05) is 36.4 Å². The summed E-state index contributed by atoms with van der Waals surface area (Å²) in [6.07, 6.45) is 1.48. The highest BCUT2D eigenvalue weighted by molar-refractivity contribution is 7.99. The normalized spacial score (nSPS) is 13.5. The molecule has 0 atom stereocenters. The third kappa shape index (κ3) is 4.57. The van der Waals surface area contributed by atoms with Crippen LogP contribution in [0.3, 0.4) is 0 Å². The van der Waals surface area contributed by atoms with E-state index < -0.39 is 0 Å². The monoisotopic (exact) mass is 416 g/mol. The van der Waals surface area contributed by atoms with Crippen molar-refractivity contribution >= 4 is 35.0 Å². The molecule has 4 nitrogen and oxygen atoms in total. The zero-order chi connectivity index (χ0) is 21.1. The van der Waals surface area contributed by atoms with Crippen LogP contribution in [0, 0.1) is 13.8 Å². The molecule has 0 saturated carbocycles. The number of anilines is 2. The molecule has 0 aliphatic carbocycles. The molecule has 1 fully saturated rings. The van der Waals surface area contributed by atoms with Crippen molar-refractivity contribution < 1.29 is 9.59 Å². The number of carbonyl (C=O) groups is 2. The number of benzene rings is 3. The summed E-state index contributed by atoms with van der Waals surface area (Å²) >= 11 is 1.72. The summed E-state index contributed by atoms with van der Waals surface area (Å²) in [6.45, 7) is 4.95. The lowest BCUT2D eigenvalue weighted by Gasteiger charge is -2.15. The number of nitrogens with zero attached hydrogens (tertiary/aromatic N) is 1. The Labute approximate surface area is 181 Å². The van der Waals surface area contributed by atoms with Gasteiger partial charge in [-0.3, -0.25) is 9.59 Å². The molecule has 3 aromatic carbocycles. The Morgan fingerprint density at radius 3 is 2.37 bits per heavy atom. The molecule has 0 radical (unpaired) electrons. The van der Waals surface area contributed by atoms with Gasteiger partial charge in [-0.1, -0.05) is 23.9 Å². The first-order valence-electron chi connectivity index (χ1n) is 10.1. The van der Waals surface area contributed by atoms with Gasteiger partial charge in [-0.15, -0.1) is 0 Å². The van der Waals surface area contributed by atoms with Gasteiger partial charge in [0.1, 0.15) is 0 Å². The van der Waals surface area contributed by atoms with Crippen molar-refractivity contribution in [1.82, 2.24) is 0 Å². The van der Waals surface area contributed by atoms with E-state index in [9.17, 15) is 9.59 Å². The van der Waals surface area contributed by atoms with Crippen molar-refractivity contribution in [1.29, 1.82) is 0 Å². The molecule has 4 rings (SSSR count). The van der Waals surface area contributed by atoms with Gasteiger partial charge in [0.25, 0.3) is 5.91 Å². The van der Waals surface area contributed by atoms with E-state index in [4.69, 9.17) is 0 Å². The first-order chi connectivity index (χ1) is 14.5. The Balaban J connectivity index is 1.40. The zero-order valence-corrected chi connectivity index (χ0v) is 18.0. The molecular formula is C25H24N2O2S. The molecule has 152 valence electrons. The molecule has 0 unspecified atom stereocenters. The van der Waals surface area contributed by atoms with Crippen LogP contribution in [0.15, 0.2) is 76.5 Å². The highest BCUT2D eigenvalue weighted by Crippen LogP contribution is 2.31. The Bertz CT molecular complexity index is 1080. The molecule has 5 heteroatoms. The van der Waals surface area contributed by atoms with Crippen LogP contribution in [0.5, 0.6) is 0 Å². The van der Waals surface area contributed by atoms with Crippen LogP contribution in [-0.2, 0) is 4.79 Å². The van der Waals surface area contributed by atoms with Gasteiger partial charge in [0.05, 0.1) is 0 Å². The Morgan fingerprint density at radius 1 is 0.967 bits per heavy atom. The van der Waals surface area contributed by atoms with Gasteiger partial charge in [-0.2, -0.15) is 0 Å². The summed E-state index contributed by atoms with van der Waals surface area (Å²) in [5, 5.41) is 2.94.